The Morgan fingerprint density at radius 2 is 1.51 bits per heavy atom. The molecule has 0 saturated heterocycles. The van der Waals surface area contributed by atoms with E-state index in [1.54, 1.807) is 0 Å². The molecule has 0 aliphatic heterocycles. The second-order valence-corrected chi connectivity index (χ2v) is 11.5. The predicted octanol–water partition coefficient (Wildman–Crippen LogP) is 10.4. The SMILES string of the molecule is C=C/C(=C\C)P(/C(C=C)=C/C)c1ccc(-c2ccc3c4c(cccc24)C(NC)=C3C2C=CC=CC2)cc1.CC. The lowest BCUT2D eigenvalue weighted by Gasteiger charge is -2.21. The molecular weight excluding hydrogens is 489 g/mol. The third-order valence-corrected chi connectivity index (χ3v) is 10.2. The molecule has 0 fully saturated rings. The summed E-state index contributed by atoms with van der Waals surface area (Å²) < 4.78 is 0. The van der Waals surface area contributed by atoms with Crippen LogP contribution >= 0.6 is 7.92 Å². The molecule has 198 valence electrons. The highest BCUT2D eigenvalue weighted by molar-refractivity contribution is 7.74. The van der Waals surface area contributed by atoms with Crippen LogP contribution in [0.25, 0.3) is 33.2 Å². The molecule has 0 radical (unpaired) electrons. The molecule has 2 heteroatoms. The van der Waals surface area contributed by atoms with Gasteiger partial charge >= 0.3 is 0 Å². The maximum absolute atomic E-state index is 4.07. The summed E-state index contributed by atoms with van der Waals surface area (Å²) in [5, 5.41) is 10.0. The summed E-state index contributed by atoms with van der Waals surface area (Å²) in [6.07, 6.45) is 18.3. The van der Waals surface area contributed by atoms with Gasteiger partial charge in [-0.15, -0.1) is 0 Å². The van der Waals surface area contributed by atoms with E-state index in [0.717, 1.165) is 6.42 Å². The van der Waals surface area contributed by atoms with Crippen molar-refractivity contribution in [3.8, 4) is 11.1 Å². The van der Waals surface area contributed by atoms with Crippen molar-refractivity contribution in [2.45, 2.75) is 34.1 Å². The normalized spacial score (nSPS) is 17.1. The van der Waals surface area contributed by atoms with Gasteiger partial charge in [-0.25, -0.2) is 0 Å². The van der Waals surface area contributed by atoms with Crippen molar-refractivity contribution >= 4 is 35.3 Å². The van der Waals surface area contributed by atoms with E-state index < -0.39 is 7.92 Å². The van der Waals surface area contributed by atoms with Gasteiger partial charge in [0.05, 0.1) is 0 Å². The number of rotatable bonds is 8. The third-order valence-electron chi connectivity index (χ3n) is 7.43. The summed E-state index contributed by atoms with van der Waals surface area (Å²) in [6.45, 7) is 16.3. The van der Waals surface area contributed by atoms with E-state index in [0.29, 0.717) is 5.92 Å². The van der Waals surface area contributed by atoms with Crippen molar-refractivity contribution < 1.29 is 0 Å². The van der Waals surface area contributed by atoms with E-state index in [-0.39, 0.29) is 0 Å². The first kappa shape index (κ1) is 28.3. The fraction of sp³-hybridized carbons (Fsp3) is 0.189. The Bertz CT molecular complexity index is 1500. The molecule has 0 spiro atoms. The van der Waals surface area contributed by atoms with Crippen molar-refractivity contribution in [3.63, 3.8) is 0 Å². The first-order valence-electron chi connectivity index (χ1n) is 14.0. The Balaban J connectivity index is 0.00000172. The van der Waals surface area contributed by atoms with Crippen molar-refractivity contribution in [1.82, 2.24) is 5.32 Å². The Kier molecular flexibility index (Phi) is 9.39. The lowest BCUT2D eigenvalue weighted by molar-refractivity contribution is 0.842. The zero-order chi connectivity index (χ0) is 27.9. The summed E-state index contributed by atoms with van der Waals surface area (Å²) in [4.78, 5) is 0. The van der Waals surface area contributed by atoms with Crippen LogP contribution in [-0.2, 0) is 0 Å². The quantitative estimate of drug-likeness (QED) is 0.226. The first-order valence-corrected chi connectivity index (χ1v) is 15.3. The fourth-order valence-electron chi connectivity index (χ4n) is 5.73. The molecular formula is C37H40NP. The van der Waals surface area contributed by atoms with Gasteiger partial charge in [-0.05, 0) is 77.2 Å². The number of allylic oxidation sites excluding steroid dienone is 11. The fourth-order valence-corrected chi connectivity index (χ4v) is 7.96. The van der Waals surface area contributed by atoms with Gasteiger partial charge in [0, 0.05) is 24.2 Å². The number of nitrogens with one attached hydrogen (secondary N) is 1. The molecule has 0 saturated carbocycles. The zero-order valence-electron chi connectivity index (χ0n) is 24.0. The van der Waals surface area contributed by atoms with Crippen LogP contribution in [0.15, 0.2) is 127 Å². The lowest BCUT2D eigenvalue weighted by atomic mass is 9.87. The number of hydrogen-bond acceptors (Lipinski definition) is 1. The average Bonchev–Trinajstić information content (AvgIpc) is 3.34. The monoisotopic (exact) mass is 529 g/mol. The van der Waals surface area contributed by atoms with E-state index in [4.69, 9.17) is 0 Å². The van der Waals surface area contributed by atoms with Crippen LogP contribution in [0, 0.1) is 5.92 Å². The van der Waals surface area contributed by atoms with Crippen LogP contribution in [0.1, 0.15) is 45.2 Å². The number of benzene rings is 3. The molecule has 0 aromatic heterocycles. The molecule has 2 aliphatic carbocycles. The number of hydrogen-bond donors (Lipinski definition) is 1. The summed E-state index contributed by atoms with van der Waals surface area (Å²) in [5.41, 5.74) is 7.85. The van der Waals surface area contributed by atoms with E-state index >= 15 is 0 Å². The standard InChI is InChI=1S/C35H34NP.C2H6/c1-6-26(7-2)37(27(8-3)9-4)28-20-18-24(19-21-28)29-22-23-31-33(25-14-11-10-12-15-25)35(36-5)32-17-13-16-30(29)34(31)32;1-2/h6-14,16-23,25,36H,1,3,15H2,2,4-5H3;1-2H3/b26-7+,27-9+;. The molecule has 1 atom stereocenters. The van der Waals surface area contributed by atoms with Crippen LogP contribution in [0.5, 0.6) is 0 Å². The molecule has 0 heterocycles. The highest BCUT2D eigenvalue weighted by Crippen LogP contribution is 2.53. The topological polar surface area (TPSA) is 12.0 Å². The van der Waals surface area contributed by atoms with Gasteiger partial charge in [-0.3, -0.25) is 0 Å². The van der Waals surface area contributed by atoms with Gasteiger partial charge in [-0.1, -0.05) is 130 Å². The Hall–Kier alpha value is -3.67. The van der Waals surface area contributed by atoms with Gasteiger partial charge < -0.3 is 5.32 Å². The van der Waals surface area contributed by atoms with Gasteiger partial charge in [0.15, 0.2) is 0 Å². The molecule has 1 nitrogen and oxygen atoms in total. The molecule has 5 rings (SSSR count). The molecule has 3 aromatic rings. The second kappa shape index (κ2) is 12.9. The van der Waals surface area contributed by atoms with E-state index in [9.17, 15) is 0 Å². The smallest absolute Gasteiger partial charge is 0.0462 e. The highest BCUT2D eigenvalue weighted by Gasteiger charge is 2.29. The van der Waals surface area contributed by atoms with Crippen LogP contribution < -0.4 is 10.6 Å². The van der Waals surface area contributed by atoms with Gasteiger partial charge in [0.25, 0.3) is 0 Å². The summed E-state index contributed by atoms with van der Waals surface area (Å²) in [7, 11) is 1.38. The van der Waals surface area contributed by atoms with E-state index in [1.165, 1.54) is 60.2 Å². The molecule has 1 N–H and O–H groups in total. The molecule has 3 aromatic carbocycles. The van der Waals surface area contributed by atoms with Crippen molar-refractivity contribution in [1.29, 1.82) is 0 Å². The first-order chi connectivity index (χ1) is 19.2. The van der Waals surface area contributed by atoms with Crippen molar-refractivity contribution in [2.24, 2.45) is 5.92 Å². The second-order valence-electron chi connectivity index (χ2n) is 9.30. The van der Waals surface area contributed by atoms with Crippen LogP contribution in [0.3, 0.4) is 0 Å². The average molecular weight is 530 g/mol. The molecule has 0 amide bonds. The molecule has 2 aliphatic rings. The summed E-state index contributed by atoms with van der Waals surface area (Å²) in [5.74, 6) is 0.392. The van der Waals surface area contributed by atoms with Gasteiger partial charge in [0.2, 0.25) is 0 Å². The summed E-state index contributed by atoms with van der Waals surface area (Å²) >= 11 is 0. The minimum absolute atomic E-state index is 0.392. The highest BCUT2D eigenvalue weighted by atomic mass is 31.1. The Morgan fingerprint density at radius 1 is 0.846 bits per heavy atom. The maximum atomic E-state index is 4.07. The van der Waals surface area contributed by atoms with Gasteiger partial charge in [0.1, 0.15) is 0 Å². The van der Waals surface area contributed by atoms with E-state index in [1.807, 2.05) is 33.0 Å². The minimum atomic E-state index is -0.662. The van der Waals surface area contributed by atoms with Crippen LogP contribution in [-0.4, -0.2) is 7.05 Å². The van der Waals surface area contributed by atoms with Crippen LogP contribution in [0.2, 0.25) is 0 Å². The molecule has 39 heavy (non-hydrogen) atoms. The van der Waals surface area contributed by atoms with Crippen LogP contribution in [0.4, 0.5) is 0 Å². The van der Waals surface area contributed by atoms with E-state index in [2.05, 4.69) is 123 Å². The largest absolute Gasteiger partial charge is 0.387 e. The Labute approximate surface area is 236 Å². The third kappa shape index (κ3) is 5.17. The predicted molar refractivity (Wildman–Crippen MR) is 177 cm³/mol. The van der Waals surface area contributed by atoms with Crippen molar-refractivity contribution in [2.75, 3.05) is 7.05 Å². The molecule has 1 unspecified atom stereocenters. The van der Waals surface area contributed by atoms with Crippen molar-refractivity contribution in [3.05, 3.63) is 138 Å². The minimum Gasteiger partial charge on any atom is -0.387 e. The molecule has 0 bridgehead atoms. The zero-order valence-corrected chi connectivity index (χ0v) is 24.9. The maximum Gasteiger partial charge on any atom is 0.0462 e. The van der Waals surface area contributed by atoms with Gasteiger partial charge in [-0.2, -0.15) is 0 Å². The lowest BCUT2D eigenvalue weighted by Crippen LogP contribution is -2.09. The Morgan fingerprint density at radius 3 is 2.08 bits per heavy atom. The summed E-state index contributed by atoms with van der Waals surface area (Å²) in [6, 6.07) is 20.5.